The molecule has 0 aromatic heterocycles. The van der Waals surface area contributed by atoms with Gasteiger partial charge in [-0.05, 0) is 40.8 Å². The lowest BCUT2D eigenvalue weighted by atomic mass is 10.3. The highest BCUT2D eigenvalue weighted by molar-refractivity contribution is 7.89. The molecule has 0 aromatic carbocycles. The monoisotopic (exact) mass is 291 g/mol. The molecule has 6 heteroatoms. The summed E-state index contributed by atoms with van der Waals surface area (Å²) in [5, 5.41) is 2.94. The van der Waals surface area contributed by atoms with Crippen molar-refractivity contribution >= 4 is 10.0 Å². The average Bonchev–Trinajstić information content (AvgIpc) is 3.08. The summed E-state index contributed by atoms with van der Waals surface area (Å²) in [4.78, 5) is 2.02. The molecule has 1 rings (SSSR count). The van der Waals surface area contributed by atoms with Gasteiger partial charge in [-0.25, -0.2) is 8.42 Å². The molecule has 0 radical (unpaired) electrons. The van der Waals surface area contributed by atoms with Crippen LogP contribution >= 0.6 is 0 Å². The standard InChI is InChI=1S/C13H29N3O2S/c1-6-16(11(2)10-15(4)5)19(17,18)12(3)9-14-13-7-8-13/h11-14H,6-10H2,1-5H3. The minimum absolute atomic E-state index is 0.00775. The second kappa shape index (κ2) is 7.02. The van der Waals surface area contributed by atoms with E-state index in [2.05, 4.69) is 5.32 Å². The molecule has 0 aliphatic heterocycles. The van der Waals surface area contributed by atoms with Crippen molar-refractivity contribution < 1.29 is 8.42 Å². The van der Waals surface area contributed by atoms with E-state index in [0.717, 1.165) is 6.54 Å². The van der Waals surface area contributed by atoms with Crippen molar-refractivity contribution in [3.8, 4) is 0 Å². The Morgan fingerprint density at radius 1 is 1.26 bits per heavy atom. The van der Waals surface area contributed by atoms with E-state index in [9.17, 15) is 8.42 Å². The lowest BCUT2D eigenvalue weighted by Gasteiger charge is -2.31. The number of nitrogens with zero attached hydrogens (tertiary/aromatic N) is 2. The zero-order chi connectivity index (χ0) is 14.6. The largest absolute Gasteiger partial charge is 0.313 e. The van der Waals surface area contributed by atoms with E-state index in [4.69, 9.17) is 0 Å². The van der Waals surface area contributed by atoms with Crippen molar-refractivity contribution in [1.29, 1.82) is 0 Å². The molecule has 1 N–H and O–H groups in total. The number of sulfonamides is 1. The number of hydrogen-bond acceptors (Lipinski definition) is 4. The van der Waals surface area contributed by atoms with Gasteiger partial charge in [0.15, 0.2) is 0 Å². The predicted octanol–water partition coefficient (Wildman–Crippen LogP) is 0.729. The van der Waals surface area contributed by atoms with Crippen molar-refractivity contribution in [1.82, 2.24) is 14.5 Å². The summed E-state index contributed by atoms with van der Waals surface area (Å²) in [6.45, 7) is 7.52. The Morgan fingerprint density at radius 2 is 1.84 bits per heavy atom. The zero-order valence-electron chi connectivity index (χ0n) is 12.9. The minimum atomic E-state index is -3.22. The van der Waals surface area contributed by atoms with Gasteiger partial charge < -0.3 is 10.2 Å². The summed E-state index contributed by atoms with van der Waals surface area (Å²) < 4.78 is 26.8. The molecule has 114 valence electrons. The summed E-state index contributed by atoms with van der Waals surface area (Å²) in [5.74, 6) is 0. The first-order valence-corrected chi connectivity index (χ1v) is 8.68. The number of likely N-dealkylation sites (N-methyl/N-ethyl adjacent to an activating group) is 2. The van der Waals surface area contributed by atoms with Crippen LogP contribution in [0.15, 0.2) is 0 Å². The summed E-state index contributed by atoms with van der Waals surface area (Å²) >= 11 is 0. The van der Waals surface area contributed by atoms with E-state index in [-0.39, 0.29) is 11.3 Å². The molecule has 0 heterocycles. The van der Waals surface area contributed by atoms with E-state index in [0.29, 0.717) is 19.1 Å². The molecule has 0 amide bonds. The summed E-state index contributed by atoms with van der Waals surface area (Å²) in [5.41, 5.74) is 0. The van der Waals surface area contributed by atoms with E-state index >= 15 is 0 Å². The summed E-state index contributed by atoms with van der Waals surface area (Å²) in [6.07, 6.45) is 2.36. The molecule has 1 aliphatic rings. The SMILES string of the molecule is CCN(C(C)CN(C)C)S(=O)(=O)C(C)CNC1CC1. The van der Waals surface area contributed by atoms with Crippen LogP contribution in [-0.2, 0) is 10.0 Å². The zero-order valence-corrected chi connectivity index (χ0v) is 13.7. The van der Waals surface area contributed by atoms with E-state index in [1.54, 1.807) is 11.2 Å². The smallest absolute Gasteiger partial charge is 0.218 e. The van der Waals surface area contributed by atoms with Gasteiger partial charge in [-0.15, -0.1) is 0 Å². The normalized spacial score (nSPS) is 19.9. The fourth-order valence-corrected chi connectivity index (χ4v) is 4.02. The molecule has 19 heavy (non-hydrogen) atoms. The van der Waals surface area contributed by atoms with Crippen molar-refractivity contribution in [2.75, 3.05) is 33.7 Å². The Morgan fingerprint density at radius 3 is 2.26 bits per heavy atom. The molecule has 2 atom stereocenters. The van der Waals surface area contributed by atoms with Crippen LogP contribution in [0.5, 0.6) is 0 Å². The van der Waals surface area contributed by atoms with Crippen LogP contribution in [0.2, 0.25) is 0 Å². The molecule has 1 aliphatic carbocycles. The van der Waals surface area contributed by atoms with Gasteiger partial charge in [0.1, 0.15) is 0 Å². The Hall–Kier alpha value is -0.170. The third-order valence-corrected chi connectivity index (χ3v) is 5.99. The lowest BCUT2D eigenvalue weighted by Crippen LogP contribution is -2.49. The third-order valence-electron chi connectivity index (χ3n) is 3.54. The fraction of sp³-hybridized carbons (Fsp3) is 1.00. The number of hydrogen-bond donors (Lipinski definition) is 1. The maximum absolute atomic E-state index is 12.6. The van der Waals surface area contributed by atoms with Crippen molar-refractivity contribution in [2.45, 2.75) is 50.9 Å². The van der Waals surface area contributed by atoms with Crippen LogP contribution in [0, 0.1) is 0 Å². The molecular weight excluding hydrogens is 262 g/mol. The van der Waals surface area contributed by atoms with Crippen LogP contribution < -0.4 is 5.32 Å². The first-order valence-electron chi connectivity index (χ1n) is 7.17. The Labute approximate surface area is 118 Å². The van der Waals surface area contributed by atoms with Gasteiger partial charge in [0.2, 0.25) is 10.0 Å². The molecule has 5 nitrogen and oxygen atoms in total. The van der Waals surface area contributed by atoms with Crippen LogP contribution in [0.4, 0.5) is 0 Å². The Bertz CT molecular complexity index is 366. The lowest BCUT2D eigenvalue weighted by molar-refractivity contribution is 0.269. The maximum Gasteiger partial charge on any atom is 0.218 e. The highest BCUT2D eigenvalue weighted by Gasteiger charge is 2.32. The van der Waals surface area contributed by atoms with Gasteiger partial charge in [0, 0.05) is 31.7 Å². The molecule has 0 saturated heterocycles. The van der Waals surface area contributed by atoms with Crippen molar-refractivity contribution in [2.24, 2.45) is 0 Å². The van der Waals surface area contributed by atoms with Gasteiger partial charge in [-0.3, -0.25) is 0 Å². The number of rotatable bonds is 9. The van der Waals surface area contributed by atoms with Crippen LogP contribution in [0.1, 0.15) is 33.6 Å². The Kier molecular flexibility index (Phi) is 6.23. The summed E-state index contributed by atoms with van der Waals surface area (Å²) in [6, 6.07) is 0.556. The van der Waals surface area contributed by atoms with Crippen molar-refractivity contribution in [3.05, 3.63) is 0 Å². The molecule has 1 fully saturated rings. The maximum atomic E-state index is 12.6. The fourth-order valence-electron chi connectivity index (χ4n) is 2.32. The number of nitrogens with one attached hydrogen (secondary N) is 1. The molecule has 2 unspecified atom stereocenters. The molecular formula is C13H29N3O2S. The molecule has 1 saturated carbocycles. The van der Waals surface area contributed by atoms with Crippen molar-refractivity contribution in [3.63, 3.8) is 0 Å². The third kappa shape index (κ3) is 5.02. The van der Waals surface area contributed by atoms with Gasteiger partial charge in [-0.1, -0.05) is 6.92 Å². The molecule has 0 bridgehead atoms. The van der Waals surface area contributed by atoms with Gasteiger partial charge in [0.05, 0.1) is 5.25 Å². The minimum Gasteiger partial charge on any atom is -0.313 e. The summed E-state index contributed by atoms with van der Waals surface area (Å²) in [7, 11) is 0.715. The predicted molar refractivity (Wildman–Crippen MR) is 79.8 cm³/mol. The van der Waals surface area contributed by atoms with Crippen LogP contribution in [0.25, 0.3) is 0 Å². The average molecular weight is 291 g/mol. The van der Waals surface area contributed by atoms with Gasteiger partial charge in [0.25, 0.3) is 0 Å². The van der Waals surface area contributed by atoms with E-state index < -0.39 is 10.0 Å². The topological polar surface area (TPSA) is 52.7 Å². The van der Waals surface area contributed by atoms with Gasteiger partial charge in [-0.2, -0.15) is 4.31 Å². The highest BCUT2D eigenvalue weighted by atomic mass is 32.2. The molecule has 0 spiro atoms. The van der Waals surface area contributed by atoms with Gasteiger partial charge >= 0.3 is 0 Å². The van der Waals surface area contributed by atoms with E-state index in [1.165, 1.54) is 12.8 Å². The quantitative estimate of drug-likeness (QED) is 0.680. The first-order chi connectivity index (χ1) is 8.78. The Balaban J connectivity index is 2.63. The second-order valence-corrected chi connectivity index (χ2v) is 8.16. The molecule has 0 aromatic rings. The van der Waals surface area contributed by atoms with Crippen LogP contribution in [-0.4, -0.2) is 68.7 Å². The first kappa shape index (κ1) is 16.9. The second-order valence-electron chi connectivity index (χ2n) is 5.85. The van der Waals surface area contributed by atoms with E-state index in [1.807, 2.05) is 32.8 Å². The highest BCUT2D eigenvalue weighted by Crippen LogP contribution is 2.19. The van der Waals surface area contributed by atoms with Crippen LogP contribution in [0.3, 0.4) is 0 Å².